The van der Waals surface area contributed by atoms with Gasteiger partial charge >= 0.3 is 0 Å². The Morgan fingerprint density at radius 1 is 1.71 bits per heavy atom. The van der Waals surface area contributed by atoms with Crippen molar-refractivity contribution in [3.63, 3.8) is 0 Å². The smallest absolute Gasteiger partial charge is 0.245 e. The quantitative estimate of drug-likeness (QED) is 0.394. The maximum absolute atomic E-state index is 11.1. The summed E-state index contributed by atoms with van der Waals surface area (Å²) in [5.41, 5.74) is 4.60. The molecule has 0 aliphatic rings. The molecule has 0 saturated carbocycles. The third-order valence-electron chi connectivity index (χ3n) is 0.374. The van der Waals surface area contributed by atoms with Crippen LogP contribution in [0.2, 0.25) is 0 Å². The minimum Gasteiger partial charge on any atom is -0.387 e. The van der Waals surface area contributed by atoms with Crippen molar-refractivity contribution in [2.24, 2.45) is 5.73 Å². The van der Waals surface area contributed by atoms with E-state index in [4.69, 9.17) is 5.41 Å². The number of rotatable bonds is 2. The highest BCUT2D eigenvalue weighted by Gasteiger charge is 2.01. The van der Waals surface area contributed by atoms with Crippen LogP contribution >= 0.6 is 0 Å². The number of hydrogen-bond acceptors (Lipinski definition) is 1. The molecule has 0 amide bonds. The van der Waals surface area contributed by atoms with Gasteiger partial charge in [-0.05, 0) is 0 Å². The second kappa shape index (κ2) is 2.49. The van der Waals surface area contributed by atoms with Crippen molar-refractivity contribution in [1.29, 1.82) is 5.41 Å². The van der Waals surface area contributed by atoms with E-state index < -0.39 is 18.7 Å². The average Bonchev–Trinajstić information content (AvgIpc) is 1.27. The van der Waals surface area contributed by atoms with E-state index in [0.29, 0.717) is 0 Å². The van der Waals surface area contributed by atoms with Gasteiger partial charge in [0.25, 0.3) is 0 Å². The zero-order valence-corrected chi connectivity index (χ0v) is 3.62. The molecule has 7 heavy (non-hydrogen) atoms. The lowest BCUT2D eigenvalue weighted by Gasteiger charge is -1.91. The molecule has 0 bridgehead atoms. The van der Waals surface area contributed by atoms with Gasteiger partial charge in [-0.25, -0.2) is 8.78 Å². The molecule has 0 aromatic carbocycles. The molecule has 0 radical (unpaired) electrons. The highest BCUT2D eigenvalue weighted by molar-refractivity contribution is 5.77. The number of alkyl halides is 2. The van der Waals surface area contributed by atoms with Gasteiger partial charge < -0.3 is 5.73 Å². The van der Waals surface area contributed by atoms with Crippen LogP contribution in [0.25, 0.3) is 0 Å². The molecular weight excluding hydrogens is 102 g/mol. The molecule has 2 nitrogen and oxygen atoms in total. The first-order valence-corrected chi connectivity index (χ1v) is 1.74. The van der Waals surface area contributed by atoms with Crippen LogP contribution in [0.3, 0.4) is 0 Å². The Bertz CT molecular complexity index is 71.3. The summed E-state index contributed by atoms with van der Waals surface area (Å²) in [7, 11) is 0. The fourth-order valence-corrected chi connectivity index (χ4v) is 0.166. The highest BCUT2D eigenvalue weighted by Crippen LogP contribution is 1.95. The number of halogens is 2. The van der Waals surface area contributed by atoms with E-state index in [0.717, 1.165) is 0 Å². The number of hydrogen-bond donors (Lipinski definition) is 2. The molecule has 0 fully saturated rings. The van der Waals surface area contributed by atoms with E-state index in [2.05, 4.69) is 5.73 Å². The van der Waals surface area contributed by atoms with Gasteiger partial charge in [0.2, 0.25) is 6.43 Å². The number of amidine groups is 1. The Morgan fingerprint density at radius 2 is 2.14 bits per heavy atom. The van der Waals surface area contributed by atoms with Gasteiger partial charge in [-0.1, -0.05) is 0 Å². The Labute approximate surface area is 39.8 Å². The first kappa shape index (κ1) is 6.33. The zero-order chi connectivity index (χ0) is 5.86. The summed E-state index contributed by atoms with van der Waals surface area (Å²) in [6.45, 7) is 0. The Kier molecular flexibility index (Phi) is 2.26. The largest absolute Gasteiger partial charge is 0.387 e. The summed E-state index contributed by atoms with van der Waals surface area (Å²) < 4.78 is 22.1. The molecule has 0 spiro atoms. The van der Waals surface area contributed by atoms with Crippen LogP contribution in [-0.2, 0) is 0 Å². The molecule has 42 valence electrons. The summed E-state index contributed by atoms with van der Waals surface area (Å²) in [4.78, 5) is 0. The summed E-state index contributed by atoms with van der Waals surface area (Å²) in [6, 6.07) is 0. The molecular formula is C3H6F2N2. The van der Waals surface area contributed by atoms with Crippen molar-refractivity contribution < 1.29 is 8.78 Å². The maximum atomic E-state index is 11.1. The van der Waals surface area contributed by atoms with Crippen LogP contribution in [0.1, 0.15) is 6.42 Å². The normalized spacial score (nSPS) is 9.57. The van der Waals surface area contributed by atoms with Crippen molar-refractivity contribution in [1.82, 2.24) is 0 Å². The molecule has 0 aliphatic carbocycles. The first-order valence-electron chi connectivity index (χ1n) is 1.74. The van der Waals surface area contributed by atoms with Crippen molar-refractivity contribution in [3.8, 4) is 0 Å². The van der Waals surface area contributed by atoms with E-state index >= 15 is 0 Å². The minimum absolute atomic E-state index is 0.463. The van der Waals surface area contributed by atoms with Crippen molar-refractivity contribution in [2.75, 3.05) is 0 Å². The number of nitrogens with one attached hydrogen (secondary N) is 1. The molecule has 0 atom stereocenters. The summed E-state index contributed by atoms with van der Waals surface area (Å²) in [5, 5.41) is 6.32. The van der Waals surface area contributed by atoms with Gasteiger partial charge in [0.15, 0.2) is 0 Å². The Balaban J connectivity index is 3.13. The van der Waals surface area contributed by atoms with Crippen molar-refractivity contribution >= 4 is 5.84 Å². The maximum Gasteiger partial charge on any atom is 0.245 e. The highest BCUT2D eigenvalue weighted by atomic mass is 19.3. The number of nitrogens with two attached hydrogens (primary N) is 1. The Hall–Kier alpha value is -0.670. The van der Waals surface area contributed by atoms with Crippen LogP contribution in [0.4, 0.5) is 8.78 Å². The molecule has 4 heteroatoms. The fourth-order valence-electron chi connectivity index (χ4n) is 0.166. The van der Waals surface area contributed by atoms with E-state index in [1.165, 1.54) is 0 Å². The fraction of sp³-hybridized carbons (Fsp3) is 0.667. The lowest BCUT2D eigenvalue weighted by atomic mass is 10.4. The van der Waals surface area contributed by atoms with Gasteiger partial charge in [0, 0.05) is 0 Å². The summed E-state index contributed by atoms with van der Waals surface area (Å²) >= 11 is 0. The third kappa shape index (κ3) is 5.33. The van der Waals surface area contributed by atoms with Gasteiger partial charge in [0.05, 0.1) is 12.3 Å². The van der Waals surface area contributed by atoms with Crippen LogP contribution < -0.4 is 5.73 Å². The average molecular weight is 108 g/mol. The van der Waals surface area contributed by atoms with Gasteiger partial charge in [-0.2, -0.15) is 0 Å². The van der Waals surface area contributed by atoms with Crippen LogP contribution in [0, 0.1) is 5.41 Å². The molecule has 3 N–H and O–H groups in total. The lowest BCUT2D eigenvalue weighted by Crippen LogP contribution is -2.13. The molecule has 0 heterocycles. The molecule has 0 saturated heterocycles. The second-order valence-corrected chi connectivity index (χ2v) is 1.12. The van der Waals surface area contributed by atoms with Gasteiger partial charge in [-0.3, -0.25) is 5.41 Å². The van der Waals surface area contributed by atoms with Gasteiger partial charge in [0.1, 0.15) is 0 Å². The zero-order valence-electron chi connectivity index (χ0n) is 3.62. The summed E-state index contributed by atoms with van der Waals surface area (Å²) in [6.07, 6.45) is -3.09. The van der Waals surface area contributed by atoms with Crippen molar-refractivity contribution in [2.45, 2.75) is 12.8 Å². The third-order valence-corrected chi connectivity index (χ3v) is 0.374. The van der Waals surface area contributed by atoms with Crippen molar-refractivity contribution in [3.05, 3.63) is 0 Å². The van der Waals surface area contributed by atoms with E-state index in [1.54, 1.807) is 0 Å². The van der Waals surface area contributed by atoms with Crippen LogP contribution in [0.5, 0.6) is 0 Å². The molecule has 0 aromatic heterocycles. The molecule has 0 aromatic rings. The second-order valence-electron chi connectivity index (χ2n) is 1.12. The first-order chi connectivity index (χ1) is 3.13. The predicted octanol–water partition coefficient (Wildman–Crippen LogP) is 0.578. The standard InChI is InChI=1S/C3H6F2N2/c4-2(5)1-3(6)7/h2H,1H2,(H3,6,7). The topological polar surface area (TPSA) is 49.9 Å². The van der Waals surface area contributed by atoms with E-state index in [-0.39, 0.29) is 0 Å². The van der Waals surface area contributed by atoms with Crippen LogP contribution in [-0.4, -0.2) is 12.3 Å². The predicted molar refractivity (Wildman–Crippen MR) is 22.5 cm³/mol. The molecule has 0 aliphatic heterocycles. The lowest BCUT2D eigenvalue weighted by molar-refractivity contribution is 0.157. The SMILES string of the molecule is N=C(N)CC(F)F. The Morgan fingerprint density at radius 3 is 2.14 bits per heavy atom. The van der Waals surface area contributed by atoms with Crippen LogP contribution in [0.15, 0.2) is 0 Å². The monoisotopic (exact) mass is 108 g/mol. The van der Waals surface area contributed by atoms with E-state index in [9.17, 15) is 8.78 Å². The molecule has 0 unspecified atom stereocenters. The minimum atomic E-state index is -2.47. The van der Waals surface area contributed by atoms with E-state index in [1.807, 2.05) is 0 Å². The summed E-state index contributed by atoms with van der Waals surface area (Å²) in [5.74, 6) is -0.463. The molecule has 0 rings (SSSR count). The van der Waals surface area contributed by atoms with Gasteiger partial charge in [-0.15, -0.1) is 0 Å².